The zero-order valence-electron chi connectivity index (χ0n) is 13.6. The van der Waals surface area contributed by atoms with Crippen molar-refractivity contribution in [2.24, 2.45) is 0 Å². The van der Waals surface area contributed by atoms with E-state index in [1.54, 1.807) is 18.2 Å². The fourth-order valence-corrected chi connectivity index (χ4v) is 2.46. The van der Waals surface area contributed by atoms with Gasteiger partial charge in [0.25, 0.3) is 11.8 Å². The number of imide groups is 1. The molecule has 0 unspecified atom stereocenters. The normalized spacial score (nSPS) is 13.4. The molecule has 0 saturated heterocycles. The molecule has 124 valence electrons. The number of nitrogens with zero attached hydrogens (tertiary/aromatic N) is 1. The second kappa shape index (κ2) is 7.87. The number of aryl methyl sites for hydroxylation is 1. The molecule has 6 heteroatoms. The van der Waals surface area contributed by atoms with E-state index in [1.807, 2.05) is 13.8 Å². The predicted molar refractivity (Wildman–Crippen MR) is 85.3 cm³/mol. The van der Waals surface area contributed by atoms with Crippen molar-refractivity contribution < 1.29 is 19.1 Å². The van der Waals surface area contributed by atoms with Gasteiger partial charge in [0.2, 0.25) is 5.91 Å². The summed E-state index contributed by atoms with van der Waals surface area (Å²) in [7, 11) is 0. The van der Waals surface area contributed by atoms with Crippen LogP contribution in [-0.2, 0) is 9.53 Å². The number of nitrogens with one attached hydrogen (secondary N) is 1. The molecule has 2 rings (SSSR count). The molecule has 1 N–H and O–H groups in total. The molecule has 1 aromatic rings. The first-order valence-corrected chi connectivity index (χ1v) is 7.86. The Morgan fingerprint density at radius 1 is 1.22 bits per heavy atom. The predicted octanol–water partition coefficient (Wildman–Crippen LogP) is 1.52. The third-order valence-electron chi connectivity index (χ3n) is 3.68. The Labute approximate surface area is 135 Å². The summed E-state index contributed by atoms with van der Waals surface area (Å²) >= 11 is 0. The minimum Gasteiger partial charge on any atom is -0.382 e. The van der Waals surface area contributed by atoms with E-state index in [9.17, 15) is 14.4 Å². The third kappa shape index (κ3) is 4.16. The molecule has 0 aromatic heterocycles. The van der Waals surface area contributed by atoms with E-state index in [4.69, 9.17) is 4.74 Å². The molecule has 1 heterocycles. The van der Waals surface area contributed by atoms with E-state index in [-0.39, 0.29) is 30.7 Å². The lowest BCUT2D eigenvalue weighted by molar-refractivity contribution is -0.121. The fourth-order valence-electron chi connectivity index (χ4n) is 2.46. The number of amides is 3. The van der Waals surface area contributed by atoms with Crippen LogP contribution < -0.4 is 5.32 Å². The maximum Gasteiger partial charge on any atom is 0.261 e. The van der Waals surface area contributed by atoms with Gasteiger partial charge in [0, 0.05) is 32.7 Å². The molecule has 6 nitrogen and oxygen atoms in total. The van der Waals surface area contributed by atoms with Crippen molar-refractivity contribution >= 4 is 17.7 Å². The Hall–Kier alpha value is -2.21. The standard InChI is InChI=1S/C17H22N2O4/c1-3-23-10-4-8-18-15(20)7-9-19-16(21)13-6-5-12(2)11-14(13)17(19)22/h5-6,11H,3-4,7-10H2,1-2H3,(H,18,20). The van der Waals surface area contributed by atoms with Crippen LogP contribution in [0.4, 0.5) is 0 Å². The molecule has 0 bridgehead atoms. The molecule has 0 fully saturated rings. The Balaban J connectivity index is 1.82. The highest BCUT2D eigenvalue weighted by Crippen LogP contribution is 2.23. The average Bonchev–Trinajstić information content (AvgIpc) is 2.76. The average molecular weight is 318 g/mol. The maximum absolute atomic E-state index is 12.3. The monoisotopic (exact) mass is 318 g/mol. The maximum atomic E-state index is 12.3. The quantitative estimate of drug-likeness (QED) is 0.582. The first kappa shape index (κ1) is 17.1. The van der Waals surface area contributed by atoms with E-state index >= 15 is 0 Å². The Kier molecular flexibility index (Phi) is 5.87. The van der Waals surface area contributed by atoms with Crippen molar-refractivity contribution in [2.75, 3.05) is 26.3 Å². The molecular formula is C17H22N2O4. The van der Waals surface area contributed by atoms with Crippen molar-refractivity contribution in [3.63, 3.8) is 0 Å². The van der Waals surface area contributed by atoms with E-state index in [0.29, 0.717) is 30.9 Å². The zero-order chi connectivity index (χ0) is 16.8. The van der Waals surface area contributed by atoms with E-state index in [1.165, 1.54) is 0 Å². The van der Waals surface area contributed by atoms with Gasteiger partial charge in [-0.25, -0.2) is 0 Å². The van der Waals surface area contributed by atoms with Crippen molar-refractivity contribution in [3.05, 3.63) is 34.9 Å². The number of fused-ring (bicyclic) bond motifs is 1. The summed E-state index contributed by atoms with van der Waals surface area (Å²) in [5, 5.41) is 2.76. The van der Waals surface area contributed by atoms with E-state index in [2.05, 4.69) is 5.32 Å². The zero-order valence-corrected chi connectivity index (χ0v) is 13.6. The number of benzene rings is 1. The van der Waals surface area contributed by atoms with Crippen LogP contribution in [0.2, 0.25) is 0 Å². The van der Waals surface area contributed by atoms with Gasteiger partial charge in [-0.1, -0.05) is 11.6 Å². The first-order chi connectivity index (χ1) is 11.0. The van der Waals surface area contributed by atoms with Gasteiger partial charge in [-0.15, -0.1) is 0 Å². The molecule has 0 radical (unpaired) electrons. The highest BCUT2D eigenvalue weighted by Gasteiger charge is 2.35. The fraction of sp³-hybridized carbons (Fsp3) is 0.471. The smallest absolute Gasteiger partial charge is 0.261 e. The summed E-state index contributed by atoms with van der Waals surface area (Å²) in [5.74, 6) is -0.818. The summed E-state index contributed by atoms with van der Waals surface area (Å²) in [6.07, 6.45) is 0.852. The lowest BCUT2D eigenvalue weighted by Gasteiger charge is -2.13. The molecule has 3 amide bonds. The topological polar surface area (TPSA) is 75.7 Å². The number of ether oxygens (including phenoxy) is 1. The minimum absolute atomic E-state index is 0.0999. The van der Waals surface area contributed by atoms with E-state index < -0.39 is 0 Å². The van der Waals surface area contributed by atoms with Gasteiger partial charge in [0.05, 0.1) is 11.1 Å². The lowest BCUT2D eigenvalue weighted by Crippen LogP contribution is -2.35. The molecule has 0 saturated carbocycles. The summed E-state index contributed by atoms with van der Waals surface area (Å²) in [6, 6.07) is 5.18. The van der Waals surface area contributed by atoms with Crippen molar-refractivity contribution in [1.82, 2.24) is 10.2 Å². The number of rotatable bonds is 8. The SMILES string of the molecule is CCOCCCNC(=O)CCN1C(=O)c2ccc(C)cc2C1=O. The third-order valence-corrected chi connectivity index (χ3v) is 3.68. The molecule has 0 spiro atoms. The van der Waals surface area contributed by atoms with Crippen molar-refractivity contribution in [1.29, 1.82) is 0 Å². The van der Waals surface area contributed by atoms with Crippen molar-refractivity contribution in [2.45, 2.75) is 26.7 Å². The van der Waals surface area contributed by atoms with Gasteiger partial charge in [-0.2, -0.15) is 0 Å². The van der Waals surface area contributed by atoms with Crippen LogP contribution in [0.3, 0.4) is 0 Å². The Morgan fingerprint density at radius 2 is 1.96 bits per heavy atom. The largest absolute Gasteiger partial charge is 0.382 e. The number of carbonyl (C=O) groups excluding carboxylic acids is 3. The Morgan fingerprint density at radius 3 is 2.70 bits per heavy atom. The van der Waals surface area contributed by atoms with Crippen molar-refractivity contribution in [3.8, 4) is 0 Å². The molecule has 0 aliphatic carbocycles. The molecule has 1 aliphatic heterocycles. The number of hydrogen-bond acceptors (Lipinski definition) is 4. The van der Waals surface area contributed by atoms with Gasteiger partial charge in [0.15, 0.2) is 0 Å². The highest BCUT2D eigenvalue weighted by molar-refractivity contribution is 6.21. The van der Waals surface area contributed by atoms with Crippen LogP contribution in [-0.4, -0.2) is 48.9 Å². The Bertz CT molecular complexity index is 613. The van der Waals surface area contributed by atoms with E-state index in [0.717, 1.165) is 16.9 Å². The number of carbonyl (C=O) groups is 3. The summed E-state index contributed by atoms with van der Waals surface area (Å²) in [6.45, 7) is 5.68. The summed E-state index contributed by atoms with van der Waals surface area (Å²) < 4.78 is 5.18. The molecule has 23 heavy (non-hydrogen) atoms. The minimum atomic E-state index is -0.325. The molecule has 0 atom stereocenters. The number of hydrogen-bond donors (Lipinski definition) is 1. The highest BCUT2D eigenvalue weighted by atomic mass is 16.5. The second-order valence-electron chi connectivity index (χ2n) is 5.46. The van der Waals surface area contributed by atoms with Gasteiger partial charge in [-0.05, 0) is 32.4 Å². The van der Waals surface area contributed by atoms with Gasteiger partial charge >= 0.3 is 0 Å². The van der Waals surface area contributed by atoms with Crippen LogP contribution in [0, 0.1) is 6.92 Å². The first-order valence-electron chi connectivity index (χ1n) is 7.86. The van der Waals surface area contributed by atoms with Crippen LogP contribution >= 0.6 is 0 Å². The summed E-state index contributed by atoms with van der Waals surface area (Å²) in [4.78, 5) is 37.4. The van der Waals surface area contributed by atoms with Crippen LogP contribution in [0.25, 0.3) is 0 Å². The van der Waals surface area contributed by atoms with Gasteiger partial charge in [-0.3, -0.25) is 19.3 Å². The van der Waals surface area contributed by atoms with Crippen LogP contribution in [0.5, 0.6) is 0 Å². The van der Waals surface area contributed by atoms with Gasteiger partial charge in [0.1, 0.15) is 0 Å². The van der Waals surface area contributed by atoms with Gasteiger partial charge < -0.3 is 10.1 Å². The molecule has 1 aromatic carbocycles. The lowest BCUT2D eigenvalue weighted by atomic mass is 10.1. The second-order valence-corrected chi connectivity index (χ2v) is 5.46. The summed E-state index contributed by atoms with van der Waals surface area (Å²) in [5.41, 5.74) is 1.77. The van der Waals surface area contributed by atoms with Crippen LogP contribution in [0.1, 0.15) is 46.0 Å². The molecule has 1 aliphatic rings. The molecular weight excluding hydrogens is 296 g/mol. The van der Waals surface area contributed by atoms with Crippen LogP contribution in [0.15, 0.2) is 18.2 Å².